The Bertz CT molecular complexity index is 884. The Morgan fingerprint density at radius 3 is 2.52 bits per heavy atom. The van der Waals surface area contributed by atoms with Gasteiger partial charge in [-0.3, -0.25) is 9.78 Å². The smallest absolute Gasteiger partial charge is 0.387 e. The van der Waals surface area contributed by atoms with Gasteiger partial charge in [-0.05, 0) is 31.0 Å². The summed E-state index contributed by atoms with van der Waals surface area (Å²) in [4.78, 5) is 16.5. The van der Waals surface area contributed by atoms with Crippen LogP contribution in [0.2, 0.25) is 10.0 Å². The quantitative estimate of drug-likeness (QED) is 0.666. The van der Waals surface area contributed by atoms with Crippen LogP contribution in [0.3, 0.4) is 0 Å². The number of nitrogens with zero attached hydrogens (tertiary/aromatic N) is 1. The number of alkyl halides is 4. The molecule has 0 bridgehead atoms. The molecular weight excluding hydrogens is 411 g/mol. The van der Waals surface area contributed by atoms with Crippen molar-refractivity contribution in [3.8, 4) is 0 Å². The van der Waals surface area contributed by atoms with Crippen LogP contribution >= 0.6 is 23.2 Å². The highest BCUT2D eigenvalue weighted by molar-refractivity contribution is 6.40. The number of anilines is 1. The van der Waals surface area contributed by atoms with Gasteiger partial charge in [-0.2, -0.15) is 13.2 Å². The molecule has 0 unspecified atom stereocenters. The number of aliphatic hydroxyl groups excluding tert-OH is 1. The Morgan fingerprint density at radius 1 is 1.30 bits per heavy atom. The Labute approximate surface area is 161 Å². The lowest BCUT2D eigenvalue weighted by molar-refractivity contribution is -0.137. The van der Waals surface area contributed by atoms with Gasteiger partial charge >= 0.3 is 6.18 Å². The Balaban J connectivity index is 1.96. The second-order valence-electron chi connectivity index (χ2n) is 6.06. The average molecular weight is 423 g/mol. The number of aliphatic hydroxyl groups is 1. The van der Waals surface area contributed by atoms with Crippen LogP contribution in [0.1, 0.15) is 35.8 Å². The fourth-order valence-corrected chi connectivity index (χ4v) is 3.51. The van der Waals surface area contributed by atoms with Crippen molar-refractivity contribution in [2.24, 2.45) is 0 Å². The predicted molar refractivity (Wildman–Crippen MR) is 91.3 cm³/mol. The molecule has 1 amide bonds. The van der Waals surface area contributed by atoms with Crippen LogP contribution in [-0.2, 0) is 16.6 Å². The number of aromatic nitrogens is 1. The zero-order valence-corrected chi connectivity index (χ0v) is 15.0. The number of benzene rings is 1. The normalized spacial score (nSPS) is 22.3. The van der Waals surface area contributed by atoms with Gasteiger partial charge in [0.15, 0.2) is 0 Å². The number of carbonyl (C=O) groups is 1. The minimum Gasteiger partial charge on any atom is -0.387 e. The summed E-state index contributed by atoms with van der Waals surface area (Å²) < 4.78 is 53.9. The van der Waals surface area contributed by atoms with Crippen molar-refractivity contribution in [3.63, 3.8) is 0 Å². The molecule has 0 spiro atoms. The number of rotatable bonds is 2. The molecular formula is C17H12Cl2F4N2O2. The largest absolute Gasteiger partial charge is 0.416 e. The lowest BCUT2D eigenvalue weighted by Gasteiger charge is -2.32. The van der Waals surface area contributed by atoms with E-state index in [1.807, 2.05) is 0 Å². The number of nitrogens with one attached hydrogen (secondary N) is 1. The van der Waals surface area contributed by atoms with Gasteiger partial charge in [0.1, 0.15) is 0 Å². The lowest BCUT2D eigenvalue weighted by atomic mass is 9.81. The van der Waals surface area contributed by atoms with Gasteiger partial charge in [-0.1, -0.05) is 29.3 Å². The van der Waals surface area contributed by atoms with Gasteiger partial charge in [-0.15, -0.1) is 0 Å². The third-order valence-corrected chi connectivity index (χ3v) is 4.91. The second kappa shape index (κ2) is 6.92. The number of hydrogen-bond donors (Lipinski definition) is 2. The predicted octanol–water partition coefficient (Wildman–Crippen LogP) is 5.04. The van der Waals surface area contributed by atoms with E-state index in [1.54, 1.807) is 0 Å². The van der Waals surface area contributed by atoms with Crippen LogP contribution in [0.25, 0.3) is 0 Å². The molecule has 0 saturated carbocycles. The minimum absolute atomic E-state index is 0.0333. The molecule has 4 nitrogen and oxygen atoms in total. The number of carbonyl (C=O) groups excluding carboxylic acids is 1. The molecule has 1 heterocycles. The van der Waals surface area contributed by atoms with Crippen molar-refractivity contribution >= 4 is 34.8 Å². The first kappa shape index (κ1) is 19.9. The van der Waals surface area contributed by atoms with Gasteiger partial charge in [0.2, 0.25) is 5.67 Å². The van der Waals surface area contributed by atoms with E-state index in [0.29, 0.717) is 12.1 Å². The summed E-state index contributed by atoms with van der Waals surface area (Å²) in [5, 5.41) is 11.2. The van der Waals surface area contributed by atoms with Crippen LogP contribution in [-0.4, -0.2) is 16.0 Å². The van der Waals surface area contributed by atoms with E-state index in [1.165, 1.54) is 18.3 Å². The summed E-state index contributed by atoms with van der Waals surface area (Å²) in [7, 11) is 0. The molecule has 0 fully saturated rings. The van der Waals surface area contributed by atoms with Crippen LogP contribution in [0, 0.1) is 0 Å². The van der Waals surface area contributed by atoms with E-state index >= 15 is 4.39 Å². The molecule has 1 aromatic carbocycles. The highest BCUT2D eigenvalue weighted by atomic mass is 35.5. The van der Waals surface area contributed by atoms with Crippen molar-refractivity contribution in [2.45, 2.75) is 30.8 Å². The molecule has 1 aliphatic rings. The van der Waals surface area contributed by atoms with Gasteiger partial charge in [-0.25, -0.2) is 4.39 Å². The molecule has 2 aromatic rings. The van der Waals surface area contributed by atoms with Crippen LogP contribution < -0.4 is 5.32 Å². The molecule has 0 radical (unpaired) electrons. The van der Waals surface area contributed by atoms with Gasteiger partial charge < -0.3 is 10.4 Å². The van der Waals surface area contributed by atoms with Gasteiger partial charge in [0.05, 0.1) is 33.1 Å². The van der Waals surface area contributed by atoms with Crippen molar-refractivity contribution in [1.29, 1.82) is 0 Å². The van der Waals surface area contributed by atoms with E-state index in [-0.39, 0.29) is 29.8 Å². The number of fused-ring (bicyclic) bond motifs is 1. The van der Waals surface area contributed by atoms with Crippen LogP contribution in [0.4, 0.5) is 23.2 Å². The van der Waals surface area contributed by atoms with Crippen LogP contribution in [0.15, 0.2) is 30.5 Å². The summed E-state index contributed by atoms with van der Waals surface area (Å²) in [5.41, 5.74) is -4.05. The Kier molecular flexibility index (Phi) is 5.09. The third kappa shape index (κ3) is 3.61. The zero-order chi connectivity index (χ0) is 20.0. The monoisotopic (exact) mass is 422 g/mol. The highest BCUT2D eigenvalue weighted by Gasteiger charge is 2.47. The molecule has 0 saturated heterocycles. The summed E-state index contributed by atoms with van der Waals surface area (Å²) in [5.74, 6) is -1.16. The van der Waals surface area contributed by atoms with Crippen molar-refractivity contribution in [1.82, 2.24) is 4.98 Å². The molecule has 144 valence electrons. The summed E-state index contributed by atoms with van der Waals surface area (Å²) >= 11 is 11.6. The topological polar surface area (TPSA) is 62.2 Å². The maximum atomic E-state index is 15.5. The maximum Gasteiger partial charge on any atom is 0.416 e. The molecule has 0 aliphatic heterocycles. The van der Waals surface area contributed by atoms with E-state index < -0.39 is 39.5 Å². The highest BCUT2D eigenvalue weighted by Crippen LogP contribution is 2.44. The lowest BCUT2D eigenvalue weighted by Crippen LogP contribution is -2.40. The van der Waals surface area contributed by atoms with Crippen molar-refractivity contribution in [3.05, 3.63) is 57.3 Å². The van der Waals surface area contributed by atoms with Gasteiger partial charge in [0.25, 0.3) is 5.91 Å². The van der Waals surface area contributed by atoms with E-state index in [9.17, 15) is 23.1 Å². The first-order valence-electron chi connectivity index (χ1n) is 7.74. The number of pyridine rings is 1. The molecule has 10 heteroatoms. The maximum absolute atomic E-state index is 15.5. The van der Waals surface area contributed by atoms with Gasteiger partial charge in [0, 0.05) is 11.8 Å². The second-order valence-corrected chi connectivity index (χ2v) is 6.87. The van der Waals surface area contributed by atoms with Crippen LogP contribution in [0.5, 0.6) is 0 Å². The molecule has 2 atom stereocenters. The summed E-state index contributed by atoms with van der Waals surface area (Å²) in [6.45, 7) is 0. The minimum atomic E-state index is -4.68. The average Bonchev–Trinajstić information content (AvgIpc) is 2.60. The first-order valence-corrected chi connectivity index (χ1v) is 8.49. The third-order valence-electron chi connectivity index (χ3n) is 4.31. The molecule has 27 heavy (non-hydrogen) atoms. The fourth-order valence-electron chi connectivity index (χ4n) is 2.93. The summed E-state index contributed by atoms with van der Waals surface area (Å²) in [6.07, 6.45) is -4.73. The van der Waals surface area contributed by atoms with Crippen molar-refractivity contribution < 1.29 is 27.5 Å². The Morgan fingerprint density at radius 2 is 1.93 bits per heavy atom. The molecule has 2 N–H and O–H groups in total. The standard InChI is InChI=1S/C17H12Cl2F4N2O2/c18-10-6-8(17(21,22)23)7-11(19)14(10)25-15(27)16(20)4-3-12(26)13-9(16)2-1-5-24-13/h1-2,5-7,12,26H,3-4H2,(H,25,27)/t12-,16-/m0/s1. The number of halogens is 6. The van der Waals surface area contributed by atoms with E-state index in [0.717, 1.165) is 0 Å². The fraction of sp³-hybridized carbons (Fsp3) is 0.294. The number of amides is 1. The molecule has 1 aliphatic carbocycles. The summed E-state index contributed by atoms with van der Waals surface area (Å²) in [6, 6.07) is 3.92. The first-order chi connectivity index (χ1) is 12.5. The van der Waals surface area contributed by atoms with Crippen molar-refractivity contribution in [2.75, 3.05) is 5.32 Å². The molecule has 1 aromatic heterocycles. The zero-order valence-electron chi connectivity index (χ0n) is 13.4. The van der Waals surface area contributed by atoms with E-state index in [2.05, 4.69) is 10.3 Å². The SMILES string of the molecule is O=C(Nc1c(Cl)cc(C(F)(F)F)cc1Cl)[C@]1(F)CC[C@H](O)c2ncccc21. The number of hydrogen-bond acceptors (Lipinski definition) is 3. The molecule has 3 rings (SSSR count). The Hall–Kier alpha value is -1.90. The van der Waals surface area contributed by atoms with E-state index in [4.69, 9.17) is 23.2 Å².